The number of oxazole rings is 1. The van der Waals surface area contributed by atoms with Crippen LogP contribution in [-0.4, -0.2) is 104 Å². The zero-order valence-corrected chi connectivity index (χ0v) is 18.3. The van der Waals surface area contributed by atoms with Gasteiger partial charge in [-0.3, -0.25) is 14.6 Å². The molecule has 0 radical (unpaired) electrons. The van der Waals surface area contributed by atoms with E-state index in [-0.39, 0.29) is 5.91 Å². The van der Waals surface area contributed by atoms with Gasteiger partial charge in [-0.2, -0.15) is 0 Å². The minimum absolute atomic E-state index is 0.0166. The molecule has 4 rings (SSSR count). The minimum atomic E-state index is -0.0166. The Morgan fingerprint density at radius 2 is 1.77 bits per heavy atom. The lowest BCUT2D eigenvalue weighted by Crippen LogP contribution is -2.49. The van der Waals surface area contributed by atoms with Crippen LogP contribution in [0.25, 0.3) is 0 Å². The van der Waals surface area contributed by atoms with Crippen molar-refractivity contribution >= 4 is 5.91 Å². The van der Waals surface area contributed by atoms with Gasteiger partial charge in [0.1, 0.15) is 0 Å². The van der Waals surface area contributed by atoms with Crippen molar-refractivity contribution in [3.05, 3.63) is 17.8 Å². The van der Waals surface area contributed by atoms with Gasteiger partial charge in [0.05, 0.1) is 18.9 Å². The molecule has 3 fully saturated rings. The molecule has 0 saturated carbocycles. The highest BCUT2D eigenvalue weighted by molar-refractivity contribution is 5.92. The zero-order chi connectivity index (χ0) is 20.8. The van der Waals surface area contributed by atoms with Crippen molar-refractivity contribution in [2.45, 2.75) is 38.6 Å². The molecule has 1 aromatic heterocycles. The fourth-order valence-electron chi connectivity index (χ4n) is 4.87. The minimum Gasteiger partial charge on any atom is -0.438 e. The molecule has 168 valence electrons. The van der Waals surface area contributed by atoms with Gasteiger partial charge in [-0.15, -0.1) is 0 Å². The first-order valence-electron chi connectivity index (χ1n) is 11.5. The van der Waals surface area contributed by atoms with Crippen molar-refractivity contribution in [1.29, 1.82) is 0 Å². The quantitative estimate of drug-likeness (QED) is 0.664. The zero-order valence-electron chi connectivity index (χ0n) is 18.3. The largest absolute Gasteiger partial charge is 0.438 e. The lowest BCUT2D eigenvalue weighted by Gasteiger charge is -2.40. The summed E-state index contributed by atoms with van der Waals surface area (Å²) in [6.07, 6.45) is 5.72. The van der Waals surface area contributed by atoms with Crippen LogP contribution in [0.1, 0.15) is 41.9 Å². The van der Waals surface area contributed by atoms with Crippen LogP contribution in [0.4, 0.5) is 0 Å². The van der Waals surface area contributed by atoms with E-state index in [1.165, 1.54) is 6.39 Å². The summed E-state index contributed by atoms with van der Waals surface area (Å²) in [5, 5.41) is 0. The molecule has 0 unspecified atom stereocenters. The van der Waals surface area contributed by atoms with Gasteiger partial charge in [-0.25, -0.2) is 4.98 Å². The number of hydrogen-bond donors (Lipinski definition) is 0. The molecule has 3 aliphatic heterocycles. The Labute approximate surface area is 179 Å². The summed E-state index contributed by atoms with van der Waals surface area (Å²) < 4.78 is 16.4. The Balaban J connectivity index is 1.29. The van der Waals surface area contributed by atoms with Gasteiger partial charge < -0.3 is 18.8 Å². The second-order valence-corrected chi connectivity index (χ2v) is 8.79. The van der Waals surface area contributed by atoms with E-state index in [2.05, 4.69) is 14.8 Å². The summed E-state index contributed by atoms with van der Waals surface area (Å²) in [7, 11) is 0. The summed E-state index contributed by atoms with van der Waals surface area (Å²) in [5.74, 6) is 1.01. The first-order chi connectivity index (χ1) is 14.7. The number of rotatable bonds is 7. The van der Waals surface area contributed by atoms with Gasteiger partial charge >= 0.3 is 0 Å². The van der Waals surface area contributed by atoms with Gasteiger partial charge in [-0.05, 0) is 38.5 Å². The maximum Gasteiger partial charge on any atom is 0.291 e. The molecule has 30 heavy (non-hydrogen) atoms. The van der Waals surface area contributed by atoms with E-state index >= 15 is 0 Å². The normalized spacial score (nSPS) is 22.7. The maximum atomic E-state index is 12.7. The first-order valence-corrected chi connectivity index (χ1v) is 11.5. The topological polar surface area (TPSA) is 71.3 Å². The molecule has 0 aromatic carbocycles. The van der Waals surface area contributed by atoms with E-state index < -0.39 is 0 Å². The number of aromatic nitrogens is 1. The molecule has 8 nitrogen and oxygen atoms in total. The first kappa shape index (κ1) is 21.7. The molecule has 0 atom stereocenters. The molecule has 3 aliphatic rings. The average molecular weight is 421 g/mol. The van der Waals surface area contributed by atoms with Crippen LogP contribution in [0.15, 0.2) is 10.8 Å². The molecule has 4 heterocycles. The van der Waals surface area contributed by atoms with E-state index in [1.807, 2.05) is 11.8 Å². The lowest BCUT2D eigenvalue weighted by atomic mass is 9.94. The van der Waals surface area contributed by atoms with Gasteiger partial charge in [0.15, 0.2) is 6.39 Å². The number of likely N-dealkylation sites (tertiary alicyclic amines) is 1. The highest BCUT2D eigenvalue weighted by Crippen LogP contribution is 2.24. The monoisotopic (exact) mass is 420 g/mol. The maximum absolute atomic E-state index is 12.7. The summed E-state index contributed by atoms with van der Waals surface area (Å²) in [5.41, 5.74) is 0.677. The smallest absolute Gasteiger partial charge is 0.291 e. The van der Waals surface area contributed by atoms with Crippen LogP contribution < -0.4 is 0 Å². The molecule has 8 heteroatoms. The van der Waals surface area contributed by atoms with Crippen molar-refractivity contribution < 1.29 is 18.7 Å². The Hall–Kier alpha value is -1.48. The molecule has 0 aliphatic carbocycles. The van der Waals surface area contributed by atoms with Crippen LogP contribution >= 0.6 is 0 Å². The van der Waals surface area contributed by atoms with Crippen LogP contribution in [-0.2, 0) is 9.47 Å². The number of nitrogens with zero attached hydrogens (tertiary/aromatic N) is 4. The summed E-state index contributed by atoms with van der Waals surface area (Å²) in [6.45, 7) is 12.3. The fourth-order valence-corrected chi connectivity index (χ4v) is 4.87. The summed E-state index contributed by atoms with van der Waals surface area (Å²) in [4.78, 5) is 23.9. The third kappa shape index (κ3) is 5.60. The standard InChI is InChI=1S/C22H36N4O4/c1-18-21(30-17-23-18)22(27)25-6-2-19(3-7-25)16-26(20-4-12-28-13-5-20)9-8-24-10-14-29-15-11-24/h17,19-20H,2-16H2,1H3. The number of ether oxygens (including phenoxy) is 2. The number of morpholine rings is 1. The molecule has 1 aromatic rings. The highest BCUT2D eigenvalue weighted by atomic mass is 16.5. The number of hydrogen-bond acceptors (Lipinski definition) is 7. The van der Waals surface area contributed by atoms with Crippen LogP contribution in [0, 0.1) is 12.8 Å². The van der Waals surface area contributed by atoms with Crippen molar-refractivity contribution in [1.82, 2.24) is 19.7 Å². The van der Waals surface area contributed by atoms with E-state index in [0.29, 0.717) is 23.4 Å². The molecule has 0 spiro atoms. The van der Waals surface area contributed by atoms with Gasteiger partial charge in [0.25, 0.3) is 5.91 Å². The Bertz CT molecular complexity index is 662. The molecule has 3 saturated heterocycles. The number of aryl methyl sites for hydroxylation is 1. The van der Waals surface area contributed by atoms with E-state index in [0.717, 1.165) is 97.9 Å². The number of amides is 1. The number of carbonyl (C=O) groups is 1. The van der Waals surface area contributed by atoms with Gasteiger partial charge in [0, 0.05) is 65.1 Å². The average Bonchev–Trinajstić information content (AvgIpc) is 3.23. The van der Waals surface area contributed by atoms with Crippen LogP contribution in [0.3, 0.4) is 0 Å². The Morgan fingerprint density at radius 1 is 1.07 bits per heavy atom. The van der Waals surface area contributed by atoms with Crippen LogP contribution in [0.2, 0.25) is 0 Å². The third-order valence-electron chi connectivity index (χ3n) is 6.85. The fraction of sp³-hybridized carbons (Fsp3) is 0.818. The van der Waals surface area contributed by atoms with Crippen molar-refractivity contribution in [3.8, 4) is 0 Å². The molecule has 0 N–H and O–H groups in total. The Kier molecular flexibility index (Phi) is 7.76. The SMILES string of the molecule is Cc1ncoc1C(=O)N1CCC(CN(CCN2CCOCC2)C2CCOCC2)CC1. The van der Waals surface area contributed by atoms with Gasteiger partial charge in [0.2, 0.25) is 5.76 Å². The summed E-state index contributed by atoms with van der Waals surface area (Å²) >= 11 is 0. The molecule has 0 bridgehead atoms. The van der Waals surface area contributed by atoms with Crippen molar-refractivity contribution in [3.63, 3.8) is 0 Å². The third-order valence-corrected chi connectivity index (χ3v) is 6.85. The lowest BCUT2D eigenvalue weighted by molar-refractivity contribution is 0.00616. The second kappa shape index (κ2) is 10.7. The van der Waals surface area contributed by atoms with E-state index in [1.54, 1.807) is 0 Å². The van der Waals surface area contributed by atoms with Crippen LogP contribution in [0.5, 0.6) is 0 Å². The van der Waals surface area contributed by atoms with E-state index in [4.69, 9.17) is 13.9 Å². The second-order valence-electron chi connectivity index (χ2n) is 8.79. The van der Waals surface area contributed by atoms with E-state index in [9.17, 15) is 4.79 Å². The molecule has 1 amide bonds. The van der Waals surface area contributed by atoms with Crippen molar-refractivity contribution in [2.24, 2.45) is 5.92 Å². The predicted molar refractivity (Wildman–Crippen MR) is 113 cm³/mol. The number of carbonyl (C=O) groups excluding carboxylic acids is 1. The highest BCUT2D eigenvalue weighted by Gasteiger charge is 2.30. The number of piperidine rings is 1. The van der Waals surface area contributed by atoms with Crippen molar-refractivity contribution in [2.75, 3.05) is 72.2 Å². The summed E-state index contributed by atoms with van der Waals surface area (Å²) in [6, 6.07) is 0.622. The molecular formula is C22H36N4O4. The molecular weight excluding hydrogens is 384 g/mol. The van der Waals surface area contributed by atoms with Gasteiger partial charge in [-0.1, -0.05) is 0 Å². The Morgan fingerprint density at radius 3 is 2.43 bits per heavy atom. The predicted octanol–water partition coefficient (Wildman–Crippen LogP) is 1.65.